The minimum absolute atomic E-state index is 0.495. The highest BCUT2D eigenvalue weighted by atomic mass is 16.5. The number of hydrogen-bond acceptors (Lipinski definition) is 3. The summed E-state index contributed by atoms with van der Waals surface area (Å²) in [6, 6.07) is 49.8. The van der Waals surface area contributed by atoms with Gasteiger partial charge in [-0.3, -0.25) is 4.99 Å². The van der Waals surface area contributed by atoms with Crippen molar-refractivity contribution < 1.29 is 4.74 Å². The molecule has 0 N–H and O–H groups in total. The Morgan fingerprint density at radius 2 is 1.28 bits per heavy atom. The number of fused-ring (bicyclic) bond motifs is 10. The molecule has 0 saturated carbocycles. The van der Waals surface area contributed by atoms with Crippen molar-refractivity contribution in [3.8, 4) is 45.0 Å². The van der Waals surface area contributed by atoms with Gasteiger partial charge in [-0.1, -0.05) is 134 Å². The maximum absolute atomic E-state index is 6.91. The Morgan fingerprint density at radius 3 is 2.06 bits per heavy atom. The van der Waals surface area contributed by atoms with Crippen LogP contribution in [0.15, 0.2) is 157 Å². The van der Waals surface area contributed by atoms with Crippen LogP contribution in [-0.4, -0.2) is 11.2 Å². The minimum atomic E-state index is -0.495. The molecule has 0 amide bonds. The molecule has 3 nitrogen and oxygen atoms in total. The Bertz CT molecular complexity index is 2390. The zero-order valence-electron chi connectivity index (χ0n) is 25.9. The van der Waals surface area contributed by atoms with Gasteiger partial charge < -0.3 is 4.74 Å². The predicted octanol–water partition coefficient (Wildman–Crippen LogP) is 11.2. The second-order valence-electron chi connectivity index (χ2n) is 12.2. The maximum atomic E-state index is 6.91. The number of ether oxygens (including phenoxy) is 1. The van der Waals surface area contributed by atoms with Crippen LogP contribution in [0.5, 0.6) is 11.5 Å². The zero-order chi connectivity index (χ0) is 31.5. The molecule has 3 heteroatoms. The normalized spacial score (nSPS) is 13.6. The summed E-state index contributed by atoms with van der Waals surface area (Å²) >= 11 is 0. The summed E-state index contributed by atoms with van der Waals surface area (Å²) in [6.45, 7) is 5.86. The first-order valence-corrected chi connectivity index (χ1v) is 15.9. The molecule has 222 valence electrons. The number of para-hydroxylation sites is 2. The topological polar surface area (TPSA) is 34.5 Å². The highest BCUT2D eigenvalue weighted by Crippen LogP contribution is 2.63. The van der Waals surface area contributed by atoms with Crippen LogP contribution in [0.25, 0.3) is 44.4 Å². The molecule has 0 bridgehead atoms. The number of rotatable bonds is 4. The van der Waals surface area contributed by atoms with Crippen LogP contribution in [0.2, 0.25) is 0 Å². The average Bonchev–Trinajstić information content (AvgIpc) is 3.42. The van der Waals surface area contributed by atoms with Gasteiger partial charge in [0.1, 0.15) is 11.5 Å². The quantitative estimate of drug-likeness (QED) is 0.188. The molecule has 0 radical (unpaired) electrons. The lowest BCUT2D eigenvalue weighted by molar-refractivity contribution is 0.438. The van der Waals surface area contributed by atoms with E-state index in [2.05, 4.69) is 158 Å². The molecule has 2 aliphatic rings. The molecule has 0 atom stereocenters. The van der Waals surface area contributed by atoms with Gasteiger partial charge in [0.05, 0.1) is 22.3 Å². The van der Waals surface area contributed by atoms with Crippen molar-refractivity contribution in [2.45, 2.75) is 12.3 Å². The van der Waals surface area contributed by atoms with E-state index in [4.69, 9.17) is 9.72 Å². The van der Waals surface area contributed by atoms with Gasteiger partial charge in [-0.05, 0) is 58.5 Å². The number of aliphatic imine (C=N–C) groups is 1. The minimum Gasteiger partial charge on any atom is -0.456 e. The second-order valence-corrected chi connectivity index (χ2v) is 12.2. The maximum Gasteiger partial charge on any atom is 0.140 e. The summed E-state index contributed by atoms with van der Waals surface area (Å²) in [6.07, 6.45) is 3.42. The van der Waals surface area contributed by atoms with E-state index in [0.717, 1.165) is 61.6 Å². The molecule has 0 fully saturated rings. The molecule has 1 aromatic heterocycles. The lowest BCUT2D eigenvalue weighted by Crippen LogP contribution is -2.32. The summed E-state index contributed by atoms with van der Waals surface area (Å²) in [7, 11) is 0. The van der Waals surface area contributed by atoms with Gasteiger partial charge in [0.2, 0.25) is 0 Å². The van der Waals surface area contributed by atoms with E-state index in [1.807, 2.05) is 0 Å². The average molecular weight is 603 g/mol. The molecule has 1 spiro atoms. The fourth-order valence-electron chi connectivity index (χ4n) is 7.68. The third-order valence-electron chi connectivity index (χ3n) is 9.69. The Hall–Kier alpha value is -6.06. The van der Waals surface area contributed by atoms with E-state index in [-0.39, 0.29) is 0 Å². The summed E-state index contributed by atoms with van der Waals surface area (Å²) in [5.41, 5.74) is 13.8. The van der Waals surface area contributed by atoms with Gasteiger partial charge in [-0.15, -0.1) is 0 Å². The summed E-state index contributed by atoms with van der Waals surface area (Å²) in [4.78, 5) is 9.80. The van der Waals surface area contributed by atoms with Crippen molar-refractivity contribution in [1.29, 1.82) is 0 Å². The number of aryl methyl sites for hydroxylation is 1. The zero-order valence-corrected chi connectivity index (χ0v) is 25.9. The molecule has 9 rings (SSSR count). The summed E-state index contributed by atoms with van der Waals surface area (Å²) in [5.74, 6) is 1.77. The summed E-state index contributed by atoms with van der Waals surface area (Å²) < 4.78 is 6.91. The van der Waals surface area contributed by atoms with Crippen LogP contribution in [-0.2, 0) is 5.41 Å². The molecular formula is C44H30N2O. The number of benzene rings is 6. The Morgan fingerprint density at radius 1 is 0.638 bits per heavy atom. The number of aromatic nitrogens is 1. The number of hydrogen-bond donors (Lipinski definition) is 0. The Balaban J connectivity index is 1.25. The van der Waals surface area contributed by atoms with Gasteiger partial charge in [-0.2, -0.15) is 0 Å². The highest BCUT2D eigenvalue weighted by molar-refractivity contribution is 5.95. The largest absolute Gasteiger partial charge is 0.456 e. The number of pyridine rings is 1. The van der Waals surface area contributed by atoms with Crippen molar-refractivity contribution in [3.63, 3.8) is 0 Å². The Kier molecular flexibility index (Phi) is 6.09. The van der Waals surface area contributed by atoms with E-state index < -0.39 is 5.41 Å². The van der Waals surface area contributed by atoms with Crippen molar-refractivity contribution in [1.82, 2.24) is 4.98 Å². The fourth-order valence-corrected chi connectivity index (χ4v) is 7.68. The molecule has 7 aromatic rings. The van der Waals surface area contributed by atoms with Crippen molar-refractivity contribution in [2.24, 2.45) is 4.99 Å². The highest BCUT2D eigenvalue weighted by Gasteiger charge is 2.51. The second kappa shape index (κ2) is 10.5. The van der Waals surface area contributed by atoms with E-state index in [1.54, 1.807) is 12.3 Å². The van der Waals surface area contributed by atoms with Crippen LogP contribution in [0.1, 0.15) is 27.8 Å². The van der Waals surface area contributed by atoms with Crippen molar-refractivity contribution in [3.05, 3.63) is 180 Å². The first-order chi connectivity index (χ1) is 23.2. The molecule has 0 saturated heterocycles. The smallest absolute Gasteiger partial charge is 0.140 e. The number of allylic oxidation sites excluding steroid dienone is 1. The van der Waals surface area contributed by atoms with Crippen LogP contribution < -0.4 is 4.74 Å². The van der Waals surface area contributed by atoms with Gasteiger partial charge in [0.15, 0.2) is 0 Å². The Labute approximate surface area is 274 Å². The number of nitrogens with zero attached hydrogens (tertiary/aromatic N) is 2. The molecule has 1 aliphatic carbocycles. The lowest BCUT2D eigenvalue weighted by atomic mass is 9.65. The third kappa shape index (κ3) is 3.93. The van der Waals surface area contributed by atoms with E-state index in [1.165, 1.54) is 27.8 Å². The van der Waals surface area contributed by atoms with E-state index in [0.29, 0.717) is 0 Å². The van der Waals surface area contributed by atoms with Crippen LogP contribution in [0.3, 0.4) is 0 Å². The first-order valence-electron chi connectivity index (χ1n) is 15.9. The molecule has 6 aromatic carbocycles. The molecule has 0 unspecified atom stereocenters. The van der Waals surface area contributed by atoms with Crippen LogP contribution >= 0.6 is 0 Å². The van der Waals surface area contributed by atoms with Gasteiger partial charge in [-0.25, -0.2) is 4.98 Å². The lowest BCUT2D eigenvalue weighted by Gasteiger charge is -2.40. The molecule has 47 heavy (non-hydrogen) atoms. The van der Waals surface area contributed by atoms with Crippen LogP contribution in [0, 0.1) is 6.92 Å². The van der Waals surface area contributed by atoms with E-state index >= 15 is 0 Å². The summed E-state index contributed by atoms with van der Waals surface area (Å²) in [5, 5.41) is 1.05. The van der Waals surface area contributed by atoms with Gasteiger partial charge in [0, 0.05) is 33.9 Å². The monoisotopic (exact) mass is 602 g/mol. The molecular weight excluding hydrogens is 572 g/mol. The van der Waals surface area contributed by atoms with Crippen molar-refractivity contribution >= 4 is 22.8 Å². The predicted molar refractivity (Wildman–Crippen MR) is 193 cm³/mol. The van der Waals surface area contributed by atoms with Gasteiger partial charge >= 0.3 is 0 Å². The standard InChI is InChI=1S/C44H30N2O/c1-3-26-45-41-28(2)22-23-29-24-25-39(46-42(29)41)31-13-10-12-30(27-31)32-16-11-20-38-43(32)47-40-21-9-8-19-37(40)44(38)35-17-6-4-14-33(35)34-15-5-7-18-36(34)44/h3-27H,1H2,2H3/b45-26-. The fraction of sp³-hybridized carbons (Fsp3) is 0.0455. The SMILES string of the molecule is C=C/C=N\c1c(C)ccc2ccc(-c3cccc(-c4cccc5c4Oc4ccccc4C54c5ccccc5-c5ccccc54)c3)nc12. The van der Waals surface area contributed by atoms with E-state index in [9.17, 15) is 0 Å². The molecule has 2 heterocycles. The van der Waals surface area contributed by atoms with Crippen molar-refractivity contribution in [2.75, 3.05) is 0 Å². The van der Waals surface area contributed by atoms with Crippen LogP contribution in [0.4, 0.5) is 5.69 Å². The van der Waals surface area contributed by atoms with Gasteiger partial charge in [0.25, 0.3) is 0 Å². The third-order valence-corrected chi connectivity index (χ3v) is 9.69. The molecule has 1 aliphatic heterocycles. The first kappa shape index (κ1) is 27.3.